The largest absolute Gasteiger partial charge is 0.491 e. The Morgan fingerprint density at radius 2 is 2.25 bits per heavy atom. The number of halogens is 1. The van der Waals surface area contributed by atoms with Crippen molar-refractivity contribution in [2.75, 3.05) is 11.1 Å². The third-order valence-electron chi connectivity index (χ3n) is 2.77. The van der Waals surface area contributed by atoms with E-state index in [0.717, 1.165) is 12.6 Å². The highest BCUT2D eigenvalue weighted by Gasteiger charge is 2.07. The third kappa shape index (κ3) is 3.57. The molecule has 0 bridgehead atoms. The van der Waals surface area contributed by atoms with Gasteiger partial charge in [-0.3, -0.25) is 0 Å². The van der Waals surface area contributed by atoms with Gasteiger partial charge in [-0.15, -0.1) is 0 Å². The normalized spacial score (nSPS) is 11.9. The zero-order valence-corrected chi connectivity index (χ0v) is 11.4. The lowest BCUT2D eigenvalue weighted by Crippen LogP contribution is -2.09. The summed E-state index contributed by atoms with van der Waals surface area (Å²) in [6, 6.07) is 7.25. The molecule has 1 heterocycles. The summed E-state index contributed by atoms with van der Waals surface area (Å²) < 4.78 is 19.3. The van der Waals surface area contributed by atoms with Crippen molar-refractivity contribution < 1.29 is 9.13 Å². The molecule has 3 N–H and O–H groups in total. The molecule has 0 aliphatic rings. The van der Waals surface area contributed by atoms with Crippen molar-refractivity contribution >= 4 is 17.5 Å². The van der Waals surface area contributed by atoms with E-state index in [-0.39, 0.29) is 17.9 Å². The highest BCUT2D eigenvalue weighted by molar-refractivity contribution is 5.59. The molecule has 2 aromatic rings. The molecule has 2 rings (SSSR count). The summed E-state index contributed by atoms with van der Waals surface area (Å²) in [6.45, 7) is 4.04. The molecule has 0 saturated heterocycles. The van der Waals surface area contributed by atoms with Crippen LogP contribution < -0.4 is 15.8 Å². The van der Waals surface area contributed by atoms with Gasteiger partial charge in [0.15, 0.2) is 11.6 Å². The van der Waals surface area contributed by atoms with Gasteiger partial charge in [-0.05, 0) is 25.5 Å². The van der Waals surface area contributed by atoms with Crippen molar-refractivity contribution in [3.05, 3.63) is 36.3 Å². The van der Waals surface area contributed by atoms with Gasteiger partial charge in [0.05, 0.1) is 12.3 Å². The van der Waals surface area contributed by atoms with E-state index in [2.05, 4.69) is 15.3 Å². The Bertz CT molecular complexity index is 591. The Kier molecular flexibility index (Phi) is 4.34. The Hall–Kier alpha value is -2.37. The number of aromatic nitrogens is 2. The molecule has 0 aliphatic carbocycles. The maximum absolute atomic E-state index is 13.5. The number of anilines is 3. The molecule has 0 spiro atoms. The minimum absolute atomic E-state index is 0.0147. The Morgan fingerprint density at radius 1 is 1.45 bits per heavy atom. The predicted molar refractivity (Wildman–Crippen MR) is 76.5 cm³/mol. The van der Waals surface area contributed by atoms with Gasteiger partial charge in [0.25, 0.3) is 0 Å². The fourth-order valence-electron chi connectivity index (χ4n) is 1.57. The van der Waals surface area contributed by atoms with Gasteiger partial charge >= 0.3 is 0 Å². The van der Waals surface area contributed by atoms with E-state index in [0.29, 0.717) is 11.4 Å². The van der Waals surface area contributed by atoms with E-state index in [1.165, 1.54) is 0 Å². The quantitative estimate of drug-likeness (QED) is 0.877. The summed E-state index contributed by atoms with van der Waals surface area (Å²) in [4.78, 5) is 7.39. The van der Waals surface area contributed by atoms with Crippen LogP contribution in [0.1, 0.15) is 20.3 Å². The molecule has 106 valence electrons. The number of nitrogen functional groups attached to an aromatic ring is 1. The number of nitrogens with zero attached hydrogens (tertiary/aromatic N) is 2. The zero-order chi connectivity index (χ0) is 14.5. The Balaban J connectivity index is 2.17. The van der Waals surface area contributed by atoms with Crippen LogP contribution in [-0.2, 0) is 0 Å². The van der Waals surface area contributed by atoms with E-state index >= 15 is 0 Å². The third-order valence-corrected chi connectivity index (χ3v) is 2.77. The van der Waals surface area contributed by atoms with Crippen LogP contribution in [0.2, 0.25) is 0 Å². The lowest BCUT2D eigenvalue weighted by molar-refractivity contribution is 0.217. The molecule has 1 aromatic carbocycles. The number of rotatable bonds is 5. The van der Waals surface area contributed by atoms with Crippen molar-refractivity contribution in [2.45, 2.75) is 26.4 Å². The van der Waals surface area contributed by atoms with Crippen LogP contribution in [0.5, 0.6) is 5.75 Å². The molecular weight excluding hydrogens is 259 g/mol. The van der Waals surface area contributed by atoms with E-state index in [4.69, 9.17) is 10.5 Å². The van der Waals surface area contributed by atoms with Crippen molar-refractivity contribution in [3.63, 3.8) is 0 Å². The fourth-order valence-corrected chi connectivity index (χ4v) is 1.57. The maximum Gasteiger partial charge on any atom is 0.222 e. The first-order valence-electron chi connectivity index (χ1n) is 6.40. The van der Waals surface area contributed by atoms with Crippen molar-refractivity contribution in [3.8, 4) is 5.75 Å². The van der Waals surface area contributed by atoms with Crippen LogP contribution in [0, 0.1) is 5.82 Å². The molecule has 0 aliphatic heterocycles. The predicted octanol–water partition coefficient (Wildman–Crippen LogP) is 3.12. The standard InChI is InChI=1S/C14H17FN4O/c1-3-9(2)20-11-6-4-5-10(7-11)18-13-12(15)8-17-14(16)19-13/h4-9H,3H2,1-2H3,(H3,16,17,18,19). The summed E-state index contributed by atoms with van der Waals surface area (Å²) in [5.74, 6) is 0.207. The van der Waals surface area contributed by atoms with E-state index in [9.17, 15) is 4.39 Å². The first-order valence-corrected chi connectivity index (χ1v) is 6.40. The lowest BCUT2D eigenvalue weighted by Gasteiger charge is -2.14. The molecule has 1 unspecified atom stereocenters. The van der Waals surface area contributed by atoms with Crippen LogP contribution in [0.25, 0.3) is 0 Å². The average molecular weight is 276 g/mol. The average Bonchev–Trinajstić information content (AvgIpc) is 2.43. The van der Waals surface area contributed by atoms with Crippen LogP contribution in [-0.4, -0.2) is 16.1 Å². The van der Waals surface area contributed by atoms with Gasteiger partial charge in [0.1, 0.15) is 5.75 Å². The number of nitrogens with one attached hydrogen (secondary N) is 1. The number of hydrogen-bond donors (Lipinski definition) is 2. The lowest BCUT2D eigenvalue weighted by atomic mass is 10.2. The van der Waals surface area contributed by atoms with Gasteiger partial charge in [0, 0.05) is 11.8 Å². The Morgan fingerprint density at radius 3 is 3.00 bits per heavy atom. The fraction of sp³-hybridized carbons (Fsp3) is 0.286. The molecule has 0 saturated carbocycles. The number of hydrogen-bond acceptors (Lipinski definition) is 5. The molecule has 0 amide bonds. The first kappa shape index (κ1) is 14.0. The van der Waals surface area contributed by atoms with E-state index < -0.39 is 5.82 Å². The highest BCUT2D eigenvalue weighted by atomic mass is 19.1. The van der Waals surface area contributed by atoms with Crippen LogP contribution >= 0.6 is 0 Å². The van der Waals surface area contributed by atoms with E-state index in [1.807, 2.05) is 26.0 Å². The summed E-state index contributed by atoms with van der Waals surface area (Å²) >= 11 is 0. The second kappa shape index (κ2) is 6.18. The molecule has 20 heavy (non-hydrogen) atoms. The first-order chi connectivity index (χ1) is 9.58. The van der Waals surface area contributed by atoms with Crippen LogP contribution in [0.15, 0.2) is 30.5 Å². The number of nitrogens with two attached hydrogens (primary N) is 1. The smallest absolute Gasteiger partial charge is 0.222 e. The number of ether oxygens (including phenoxy) is 1. The zero-order valence-electron chi connectivity index (χ0n) is 11.4. The second-order valence-corrected chi connectivity index (χ2v) is 4.41. The van der Waals surface area contributed by atoms with Crippen LogP contribution in [0.4, 0.5) is 21.8 Å². The molecule has 0 fully saturated rings. The molecule has 6 heteroatoms. The molecular formula is C14H17FN4O. The molecule has 0 radical (unpaired) electrons. The van der Waals surface area contributed by atoms with Crippen molar-refractivity contribution in [2.24, 2.45) is 0 Å². The summed E-state index contributed by atoms with van der Waals surface area (Å²) in [7, 11) is 0. The Labute approximate surface area is 117 Å². The molecule has 1 aromatic heterocycles. The number of benzene rings is 1. The van der Waals surface area contributed by atoms with Gasteiger partial charge in [-0.1, -0.05) is 13.0 Å². The summed E-state index contributed by atoms with van der Waals surface area (Å²) in [6.07, 6.45) is 2.07. The van der Waals surface area contributed by atoms with Gasteiger partial charge in [-0.25, -0.2) is 9.37 Å². The monoisotopic (exact) mass is 276 g/mol. The van der Waals surface area contributed by atoms with Crippen molar-refractivity contribution in [1.29, 1.82) is 0 Å². The summed E-state index contributed by atoms with van der Waals surface area (Å²) in [5, 5.41) is 2.86. The SMILES string of the molecule is CCC(C)Oc1cccc(Nc2nc(N)ncc2F)c1. The van der Waals surface area contributed by atoms with E-state index in [1.54, 1.807) is 12.1 Å². The topological polar surface area (TPSA) is 73.1 Å². The van der Waals surface area contributed by atoms with Gasteiger partial charge < -0.3 is 15.8 Å². The maximum atomic E-state index is 13.5. The minimum Gasteiger partial charge on any atom is -0.491 e. The minimum atomic E-state index is -0.563. The molecule has 1 atom stereocenters. The highest BCUT2D eigenvalue weighted by Crippen LogP contribution is 2.23. The van der Waals surface area contributed by atoms with Crippen molar-refractivity contribution in [1.82, 2.24) is 9.97 Å². The van der Waals surface area contributed by atoms with Gasteiger partial charge in [-0.2, -0.15) is 4.98 Å². The summed E-state index contributed by atoms with van der Waals surface area (Å²) in [5.41, 5.74) is 6.11. The molecule has 5 nitrogen and oxygen atoms in total. The van der Waals surface area contributed by atoms with Crippen LogP contribution in [0.3, 0.4) is 0 Å². The second-order valence-electron chi connectivity index (χ2n) is 4.41. The van der Waals surface area contributed by atoms with Gasteiger partial charge in [0.2, 0.25) is 5.95 Å².